The number of likely N-dealkylation sites (N-methyl/N-ethyl adjacent to an activating group) is 1. The van der Waals surface area contributed by atoms with Crippen molar-refractivity contribution in [3.8, 4) is 0 Å². The predicted octanol–water partition coefficient (Wildman–Crippen LogP) is 0.165. The molecule has 0 fully saturated rings. The van der Waals surface area contributed by atoms with Gasteiger partial charge in [0.25, 0.3) is 0 Å². The van der Waals surface area contributed by atoms with Crippen LogP contribution in [0.1, 0.15) is 55.4 Å². The van der Waals surface area contributed by atoms with Crippen LogP contribution in [0.25, 0.3) is 5.43 Å². The zero-order valence-electron chi connectivity index (χ0n) is 17.7. The maximum Gasteiger partial charge on any atom is 1.00 e. The van der Waals surface area contributed by atoms with E-state index >= 15 is 0 Å². The summed E-state index contributed by atoms with van der Waals surface area (Å²) in [5.41, 5.74) is 9.08. The van der Waals surface area contributed by atoms with E-state index in [-0.39, 0.29) is 51.4 Å². The SMILES string of the molecule is CC.CC.CC.CC.CN(C)CCN(CCN)CC[N-]N.[K+]. The molecule has 0 aromatic rings. The van der Waals surface area contributed by atoms with Crippen LogP contribution in [0.5, 0.6) is 0 Å². The van der Waals surface area contributed by atoms with Gasteiger partial charge >= 0.3 is 51.4 Å². The zero-order chi connectivity index (χ0) is 18.1. The average Bonchev–Trinajstić information content (AvgIpc) is 2.57. The second-order valence-corrected chi connectivity index (χ2v) is 3.34. The maximum absolute atomic E-state index is 5.49. The third-order valence-electron chi connectivity index (χ3n) is 1.85. The Morgan fingerprint density at radius 1 is 0.727 bits per heavy atom. The molecule has 0 aromatic carbocycles. The fraction of sp³-hybridized carbons (Fsp3) is 1.00. The first-order valence-electron chi connectivity index (χ1n) is 8.64. The van der Waals surface area contributed by atoms with Gasteiger partial charge in [-0.15, -0.1) is 6.54 Å². The van der Waals surface area contributed by atoms with Crippen molar-refractivity contribution < 1.29 is 51.4 Å². The first-order chi connectivity index (χ1) is 10.2. The topological polar surface area (TPSA) is 72.6 Å². The summed E-state index contributed by atoms with van der Waals surface area (Å²) >= 11 is 0. The van der Waals surface area contributed by atoms with Gasteiger partial charge in [0.1, 0.15) is 0 Å². The molecule has 0 heterocycles. The van der Waals surface area contributed by atoms with Crippen LogP contribution in [0.4, 0.5) is 0 Å². The molecule has 0 unspecified atom stereocenters. The minimum atomic E-state index is 0. The monoisotopic (exact) mass is 347 g/mol. The van der Waals surface area contributed by atoms with Gasteiger partial charge in [-0.05, 0) is 20.6 Å². The molecule has 0 aromatic heterocycles. The zero-order valence-corrected chi connectivity index (χ0v) is 20.9. The Kier molecular flexibility index (Phi) is 87.3. The van der Waals surface area contributed by atoms with Gasteiger partial charge in [-0.1, -0.05) is 55.4 Å². The van der Waals surface area contributed by atoms with Gasteiger partial charge in [-0.3, -0.25) is 0 Å². The summed E-state index contributed by atoms with van der Waals surface area (Å²) in [7, 11) is 4.13. The third-order valence-corrected chi connectivity index (χ3v) is 1.85. The second kappa shape index (κ2) is 49.5. The van der Waals surface area contributed by atoms with Crippen LogP contribution < -0.4 is 63.0 Å². The van der Waals surface area contributed by atoms with E-state index in [9.17, 15) is 0 Å². The molecule has 6 heteroatoms. The second-order valence-electron chi connectivity index (χ2n) is 3.34. The molecule has 22 heavy (non-hydrogen) atoms. The molecule has 4 N–H and O–H groups in total. The summed E-state index contributed by atoms with van der Waals surface area (Å²) in [6.45, 7) is 21.3. The molecule has 0 aliphatic carbocycles. The summed E-state index contributed by atoms with van der Waals surface area (Å²) < 4.78 is 0. The molecule has 5 nitrogen and oxygen atoms in total. The first-order valence-corrected chi connectivity index (χ1v) is 8.64. The Bertz CT molecular complexity index is 117. The molecule has 0 aliphatic heterocycles. The van der Waals surface area contributed by atoms with Crippen LogP contribution in [0, 0.1) is 0 Å². The van der Waals surface area contributed by atoms with E-state index in [4.69, 9.17) is 11.6 Å². The van der Waals surface area contributed by atoms with Gasteiger partial charge < -0.3 is 26.8 Å². The van der Waals surface area contributed by atoms with Gasteiger partial charge in [0.2, 0.25) is 0 Å². The average molecular weight is 348 g/mol. The van der Waals surface area contributed by atoms with Crippen molar-refractivity contribution in [2.45, 2.75) is 55.4 Å². The summed E-state index contributed by atoms with van der Waals surface area (Å²) in [4.78, 5) is 4.43. The van der Waals surface area contributed by atoms with Crippen molar-refractivity contribution >= 4 is 0 Å². The van der Waals surface area contributed by atoms with Crippen LogP contribution in [0.2, 0.25) is 0 Å². The van der Waals surface area contributed by atoms with Crippen LogP contribution in [-0.4, -0.2) is 63.2 Å². The predicted molar refractivity (Wildman–Crippen MR) is 102 cm³/mol. The molecular weight excluding hydrogens is 301 g/mol. The van der Waals surface area contributed by atoms with Crippen molar-refractivity contribution in [2.75, 3.05) is 53.4 Å². The number of rotatable bonds is 8. The molecule has 0 bridgehead atoms. The van der Waals surface area contributed by atoms with Gasteiger partial charge in [0.15, 0.2) is 0 Å². The molecule has 136 valence electrons. The summed E-state index contributed by atoms with van der Waals surface area (Å²) in [6, 6.07) is 0. The standard InChI is InChI=1S/C8H22N5.4C2H6.K/c1-12(2)7-8-13(5-3-9)6-4-11-10;4*1-2;/h3-10H2,1-2H3;4*1-2H3;/q-1;;;;;+1. The first kappa shape index (κ1) is 38.8. The minimum absolute atomic E-state index is 0. The van der Waals surface area contributed by atoms with Crippen molar-refractivity contribution in [1.29, 1.82) is 0 Å². The summed E-state index contributed by atoms with van der Waals surface area (Å²) in [6.07, 6.45) is 0. The molecule has 0 atom stereocenters. The summed E-state index contributed by atoms with van der Waals surface area (Å²) in [5.74, 6) is 5.09. The molecule has 0 saturated heterocycles. The molecule has 0 spiro atoms. The molecule has 0 rings (SSSR count). The molecule has 0 radical (unpaired) electrons. The Morgan fingerprint density at radius 3 is 1.41 bits per heavy atom. The van der Waals surface area contributed by atoms with Crippen LogP contribution in [0.3, 0.4) is 0 Å². The van der Waals surface area contributed by atoms with E-state index in [0.717, 1.165) is 26.2 Å². The third kappa shape index (κ3) is 49.6. The molecule has 0 aliphatic rings. The van der Waals surface area contributed by atoms with Crippen LogP contribution >= 0.6 is 0 Å². The van der Waals surface area contributed by atoms with Crippen molar-refractivity contribution in [3.05, 3.63) is 5.43 Å². The number of nitrogens with zero attached hydrogens (tertiary/aromatic N) is 3. The quantitative estimate of drug-likeness (QED) is 0.373. The fourth-order valence-corrected chi connectivity index (χ4v) is 1.06. The molecule has 0 amide bonds. The number of nitrogens with two attached hydrogens (primary N) is 2. The van der Waals surface area contributed by atoms with E-state index < -0.39 is 0 Å². The Balaban J connectivity index is -0.0000000613. The van der Waals surface area contributed by atoms with E-state index in [0.29, 0.717) is 13.1 Å². The largest absolute Gasteiger partial charge is 1.00 e. The fourth-order valence-electron chi connectivity index (χ4n) is 1.06. The maximum atomic E-state index is 5.49. The molecule has 0 saturated carbocycles. The van der Waals surface area contributed by atoms with E-state index in [1.165, 1.54) is 0 Å². The van der Waals surface area contributed by atoms with E-state index in [1.54, 1.807) is 0 Å². The van der Waals surface area contributed by atoms with Crippen LogP contribution in [-0.2, 0) is 0 Å². The Labute approximate surface area is 185 Å². The van der Waals surface area contributed by atoms with Gasteiger partial charge in [0.05, 0.1) is 0 Å². The van der Waals surface area contributed by atoms with Crippen molar-refractivity contribution in [2.24, 2.45) is 11.6 Å². The normalized spacial score (nSPS) is 7.91. The Morgan fingerprint density at radius 2 is 1.14 bits per heavy atom. The Hall–Kier alpha value is 1.44. The van der Waals surface area contributed by atoms with Crippen molar-refractivity contribution in [3.63, 3.8) is 0 Å². The van der Waals surface area contributed by atoms with Gasteiger partial charge in [-0.25, -0.2) is 0 Å². The molecular formula is C16H46KN5. The smallest absolute Gasteiger partial charge is 0.599 e. The van der Waals surface area contributed by atoms with Crippen LogP contribution in [0.15, 0.2) is 0 Å². The minimum Gasteiger partial charge on any atom is -0.599 e. The van der Waals surface area contributed by atoms with E-state index in [2.05, 4.69) is 29.3 Å². The van der Waals surface area contributed by atoms with E-state index in [1.807, 2.05) is 55.4 Å². The number of hydrogen-bond donors (Lipinski definition) is 2. The number of hydrogen-bond acceptors (Lipinski definition) is 4. The van der Waals surface area contributed by atoms with Gasteiger partial charge in [-0.2, -0.15) is 0 Å². The van der Waals surface area contributed by atoms with Gasteiger partial charge in [0, 0.05) is 26.2 Å². The van der Waals surface area contributed by atoms with Crippen molar-refractivity contribution in [1.82, 2.24) is 9.80 Å². The summed E-state index contributed by atoms with van der Waals surface area (Å²) in [5, 5.41) is 0.